The quantitative estimate of drug-likeness (QED) is 0.0244. The van der Waals surface area contributed by atoms with Gasteiger partial charge in [-0.05, 0) is 24.7 Å². The summed E-state index contributed by atoms with van der Waals surface area (Å²) in [4.78, 5) is 24.1. The molecule has 0 aromatic rings. The van der Waals surface area contributed by atoms with Gasteiger partial charge < -0.3 is 103 Å². The lowest BCUT2D eigenvalue weighted by atomic mass is 10.0. The Hall–Kier alpha value is -1.82. The van der Waals surface area contributed by atoms with Gasteiger partial charge in [0.25, 0.3) is 0 Å². The molecule has 0 aromatic carbocycles. The van der Waals surface area contributed by atoms with Gasteiger partial charge in [-0.3, -0.25) is 9.59 Å². The molecule has 0 saturated carbocycles. The van der Waals surface area contributed by atoms with E-state index < -0.39 is 61.0 Å². The molecule has 0 bridgehead atoms. The van der Waals surface area contributed by atoms with Gasteiger partial charge in [0.2, 0.25) is 0 Å². The van der Waals surface area contributed by atoms with Crippen molar-refractivity contribution in [3.05, 3.63) is 0 Å². The highest BCUT2D eigenvalue weighted by Gasteiger charge is 2.17. The first kappa shape index (κ1) is 87.2. The summed E-state index contributed by atoms with van der Waals surface area (Å²) in [6.07, 6.45) is 21.8. The van der Waals surface area contributed by atoms with Crippen LogP contribution in [0.5, 0.6) is 0 Å². The number of esters is 2. The average Bonchev–Trinajstić information content (AvgIpc) is 3.48. The Morgan fingerprint density at radius 3 is 0.506 bits per heavy atom. The molecule has 0 aliphatic rings. The Morgan fingerprint density at radius 1 is 0.213 bits per heavy atom. The maximum atomic E-state index is 12.1. The van der Waals surface area contributed by atoms with Crippen LogP contribution in [0.25, 0.3) is 0 Å². The Kier molecular flexibility index (Phi) is 62.3. The third-order valence-electron chi connectivity index (χ3n) is 14.3. The highest BCUT2D eigenvalue weighted by molar-refractivity contribution is 5.69. The van der Waals surface area contributed by atoms with Crippen molar-refractivity contribution in [1.82, 2.24) is 0 Å². The van der Waals surface area contributed by atoms with Crippen LogP contribution in [0.2, 0.25) is 0 Å². The third kappa shape index (κ3) is 66.0. The molecular weight excluding hydrogens is 1160 g/mol. The summed E-state index contributed by atoms with van der Waals surface area (Å²) in [6, 6.07) is 0. The van der Waals surface area contributed by atoms with Crippen LogP contribution in [0.1, 0.15) is 207 Å². The number of rotatable bonds is 70. The summed E-state index contributed by atoms with van der Waals surface area (Å²) in [5.41, 5.74) is 0. The fourth-order valence-electron chi connectivity index (χ4n) is 9.24. The molecule has 10 atom stereocenters. The second-order valence-electron chi connectivity index (χ2n) is 25.1. The lowest BCUT2D eigenvalue weighted by Gasteiger charge is -2.18. The molecule has 0 rings (SSSR count). The Balaban J connectivity index is 3.72. The van der Waals surface area contributed by atoms with E-state index in [2.05, 4.69) is 27.7 Å². The second kappa shape index (κ2) is 63.6. The first-order chi connectivity index (χ1) is 42.9. The molecule has 0 amide bonds. The van der Waals surface area contributed by atoms with Crippen molar-refractivity contribution >= 4 is 11.9 Å². The van der Waals surface area contributed by atoms with Crippen molar-refractivity contribution < 1.29 is 113 Å². The zero-order chi connectivity index (χ0) is 65.8. The predicted octanol–water partition coefficient (Wildman–Crippen LogP) is 6.07. The van der Waals surface area contributed by atoms with Gasteiger partial charge in [0.1, 0.15) is 74.3 Å². The van der Waals surface area contributed by atoms with Crippen LogP contribution in [0.4, 0.5) is 0 Å². The minimum Gasteiger partial charge on any atom is -0.463 e. The lowest BCUT2D eigenvalue weighted by Crippen LogP contribution is -2.32. The minimum absolute atomic E-state index is 0.145. The summed E-state index contributed by atoms with van der Waals surface area (Å²) >= 11 is 0. The highest BCUT2D eigenvalue weighted by Crippen LogP contribution is 2.17. The van der Waals surface area contributed by atoms with E-state index in [4.69, 9.17) is 52.1 Å². The molecule has 0 aliphatic carbocycles. The zero-order valence-electron chi connectivity index (χ0n) is 55.6. The van der Waals surface area contributed by atoms with Gasteiger partial charge in [-0.25, -0.2) is 0 Å². The molecule has 0 aliphatic heterocycles. The van der Waals surface area contributed by atoms with Gasteiger partial charge in [-0.2, -0.15) is 0 Å². The van der Waals surface area contributed by atoms with E-state index in [0.717, 1.165) is 50.4 Å². The van der Waals surface area contributed by atoms with Crippen LogP contribution in [0.15, 0.2) is 0 Å². The van der Waals surface area contributed by atoms with Gasteiger partial charge >= 0.3 is 11.9 Å². The molecule has 0 saturated heterocycles. The number of aliphatic hydroxyl groups is 10. The maximum Gasteiger partial charge on any atom is 0.305 e. The molecule has 23 nitrogen and oxygen atoms in total. The average molecular weight is 1290 g/mol. The van der Waals surface area contributed by atoms with E-state index in [9.17, 15) is 60.7 Å². The number of aliphatic hydroxyl groups excluding tert-OH is 10. The van der Waals surface area contributed by atoms with E-state index in [1.54, 1.807) is 0 Å². The standard InChI is InChI=1S/C66H130O23/c1-53(2)29-25-21-17-13-9-5-7-11-15-19-23-27-31-65(77)88-51-63(75)49-86-47-61(73)45-84-43-59(71)41-82-39-57(69)37-80-35-55(67)33-79-34-56(68)36-81-38-58(70)40-83-42-60(72)44-85-46-62(74)48-87-50-64(76)52-89-66(78)32-28-24-20-16-12-8-6-10-14-18-22-26-30-54(3)4/h53-64,67-76H,5-52H2,1-4H3. The van der Waals surface area contributed by atoms with Gasteiger partial charge in [-0.1, -0.05) is 182 Å². The number of carbonyl (C=O) groups excluding carboxylic acids is 2. The van der Waals surface area contributed by atoms with Crippen LogP contribution in [0.3, 0.4) is 0 Å². The Morgan fingerprint density at radius 2 is 0.348 bits per heavy atom. The van der Waals surface area contributed by atoms with Crippen molar-refractivity contribution in [2.45, 2.75) is 269 Å². The summed E-state index contributed by atoms with van der Waals surface area (Å²) in [5, 5.41) is 101. The van der Waals surface area contributed by atoms with Gasteiger partial charge in [0.15, 0.2) is 0 Å². The van der Waals surface area contributed by atoms with Gasteiger partial charge in [-0.15, -0.1) is 0 Å². The van der Waals surface area contributed by atoms with E-state index in [1.807, 2.05) is 0 Å². The summed E-state index contributed by atoms with van der Waals surface area (Å²) in [5.74, 6) is 0.895. The van der Waals surface area contributed by atoms with E-state index >= 15 is 0 Å². The molecule has 10 N–H and O–H groups in total. The number of hydrogen-bond donors (Lipinski definition) is 10. The smallest absolute Gasteiger partial charge is 0.305 e. The normalized spacial score (nSPS) is 15.5. The molecular formula is C66H130O23. The lowest BCUT2D eigenvalue weighted by molar-refractivity contribution is -0.149. The van der Waals surface area contributed by atoms with Crippen molar-refractivity contribution in [2.24, 2.45) is 11.8 Å². The molecule has 0 heterocycles. The molecule has 10 unspecified atom stereocenters. The molecule has 0 spiro atoms. The van der Waals surface area contributed by atoms with Crippen LogP contribution in [-0.4, -0.2) is 256 Å². The SMILES string of the molecule is CC(C)CCCCCCCCCCCCCCC(=O)OCC(O)COCC(O)COCC(O)COCC(O)COCC(O)COCC(O)COCC(O)COCC(O)COCC(O)COCC(O)COC(=O)CCCCCCCCCCCCCCC(C)C. The van der Waals surface area contributed by atoms with E-state index in [1.165, 1.54) is 128 Å². The molecule has 532 valence electrons. The fraction of sp³-hybridized carbons (Fsp3) is 0.970. The maximum absolute atomic E-state index is 12.1. The van der Waals surface area contributed by atoms with Crippen LogP contribution < -0.4 is 0 Å². The minimum atomic E-state index is -1.07. The number of unbranched alkanes of at least 4 members (excludes halogenated alkanes) is 22. The first-order valence-electron chi connectivity index (χ1n) is 34.2. The molecule has 0 radical (unpaired) electrons. The van der Waals surface area contributed by atoms with Gasteiger partial charge in [0, 0.05) is 12.8 Å². The van der Waals surface area contributed by atoms with Crippen molar-refractivity contribution in [3.63, 3.8) is 0 Å². The first-order valence-corrected chi connectivity index (χ1v) is 34.2. The molecule has 0 aromatic heterocycles. The number of carbonyl (C=O) groups is 2. The van der Waals surface area contributed by atoms with Crippen LogP contribution >= 0.6 is 0 Å². The molecule has 89 heavy (non-hydrogen) atoms. The third-order valence-corrected chi connectivity index (χ3v) is 14.3. The topological polar surface area (TPSA) is 338 Å². The molecule has 0 fully saturated rings. The van der Waals surface area contributed by atoms with Crippen LogP contribution in [-0.2, 0) is 61.7 Å². The van der Waals surface area contributed by atoms with E-state index in [0.29, 0.717) is 12.8 Å². The number of hydrogen-bond acceptors (Lipinski definition) is 23. The van der Waals surface area contributed by atoms with Crippen molar-refractivity contribution in [3.8, 4) is 0 Å². The molecule has 23 heteroatoms. The number of ether oxygens (including phenoxy) is 11. The summed E-state index contributed by atoms with van der Waals surface area (Å²) in [6.45, 7) is 5.69. The fourth-order valence-corrected chi connectivity index (χ4v) is 9.24. The Labute approximate surface area is 535 Å². The zero-order valence-corrected chi connectivity index (χ0v) is 55.6. The summed E-state index contributed by atoms with van der Waals surface area (Å²) in [7, 11) is 0. The Bertz CT molecular complexity index is 1400. The van der Waals surface area contributed by atoms with Crippen LogP contribution in [0, 0.1) is 11.8 Å². The van der Waals surface area contributed by atoms with Gasteiger partial charge in [0.05, 0.1) is 119 Å². The largest absolute Gasteiger partial charge is 0.463 e. The summed E-state index contributed by atoms with van der Waals surface area (Å²) < 4.78 is 58.0. The highest BCUT2D eigenvalue weighted by atomic mass is 16.6. The second-order valence-corrected chi connectivity index (χ2v) is 25.1. The van der Waals surface area contributed by atoms with E-state index in [-0.39, 0.29) is 144 Å². The predicted molar refractivity (Wildman–Crippen MR) is 338 cm³/mol. The van der Waals surface area contributed by atoms with Crippen molar-refractivity contribution in [2.75, 3.05) is 132 Å². The van der Waals surface area contributed by atoms with Crippen molar-refractivity contribution in [1.29, 1.82) is 0 Å². The monoisotopic (exact) mass is 1290 g/mol.